The number of carbonyl (C=O) groups excluding carboxylic acids is 3. The molecule has 3 heterocycles. The van der Waals surface area contributed by atoms with E-state index in [4.69, 9.17) is 35.1 Å². The minimum absolute atomic E-state index is 0.00233. The Morgan fingerprint density at radius 2 is 1.80 bits per heavy atom. The highest BCUT2D eigenvalue weighted by Crippen LogP contribution is 2.56. The highest BCUT2D eigenvalue weighted by atomic mass is 35.5. The summed E-state index contributed by atoms with van der Waals surface area (Å²) in [5.41, 5.74) is -1.93. The Hall–Kier alpha value is -5.68. The first kappa shape index (κ1) is 39.0. The summed E-state index contributed by atoms with van der Waals surface area (Å²) >= 11 is 6.60. The van der Waals surface area contributed by atoms with E-state index >= 15 is 0 Å². The van der Waals surface area contributed by atoms with Crippen LogP contribution in [0.5, 0.6) is 28.7 Å². The summed E-state index contributed by atoms with van der Waals surface area (Å²) < 4.78 is 52.3. The number of nitrogens with zero attached hydrogens (tertiary/aromatic N) is 3. The van der Waals surface area contributed by atoms with Gasteiger partial charge in [-0.3, -0.25) is 19.4 Å². The summed E-state index contributed by atoms with van der Waals surface area (Å²) in [5, 5.41) is 29.3. The van der Waals surface area contributed by atoms with Crippen molar-refractivity contribution in [3.8, 4) is 40.3 Å². The summed E-state index contributed by atoms with van der Waals surface area (Å²) in [7, 11) is 0.481. The number of aliphatic hydroxyl groups is 1. The molecule has 2 aromatic heterocycles. The number of ketones is 2. The summed E-state index contributed by atoms with van der Waals surface area (Å²) in [6.45, 7) is 1.56. The van der Waals surface area contributed by atoms with Gasteiger partial charge in [0.1, 0.15) is 43.7 Å². The number of fused-ring (bicyclic) bond motifs is 1. The van der Waals surface area contributed by atoms with E-state index in [1.807, 2.05) is 0 Å². The summed E-state index contributed by atoms with van der Waals surface area (Å²) in [6, 6.07) is 9.46. The number of carbonyl (C=O) groups is 3. The number of aliphatic hydroxyl groups excluding tert-OH is 1. The normalized spacial score (nSPS) is 19.1. The Morgan fingerprint density at radius 3 is 2.45 bits per heavy atom. The molecule has 16 nitrogen and oxygen atoms in total. The fraction of sp³-hybridized carbons (Fsp3) is 0.351. The second-order valence-corrected chi connectivity index (χ2v) is 15.8. The third kappa shape index (κ3) is 7.28. The predicted octanol–water partition coefficient (Wildman–Crippen LogP) is 4.72. The SMILES string of the molecule is COc1cc(C(CC(=O)NC(CCS(C)(=O)=O)c2nc(-c3ccccn3)no2)C2=C(O)[C@@]3(Oc4c(Cl)c(OC)cc(OC)c4C3=O)[C@H](C)CC2=O)ccc1O. The molecular formula is C37H37ClN4O12S. The number of halogens is 1. The van der Waals surface area contributed by atoms with E-state index in [0.717, 1.165) is 6.26 Å². The summed E-state index contributed by atoms with van der Waals surface area (Å²) in [5.74, 6) is -5.53. The number of rotatable bonds is 13. The van der Waals surface area contributed by atoms with Crippen molar-refractivity contribution in [1.29, 1.82) is 0 Å². The quantitative estimate of drug-likeness (QED) is 0.166. The molecule has 55 heavy (non-hydrogen) atoms. The first-order valence-corrected chi connectivity index (χ1v) is 19.3. The molecule has 1 amide bonds. The minimum Gasteiger partial charge on any atom is -0.507 e. The van der Waals surface area contributed by atoms with Gasteiger partial charge in [0.15, 0.2) is 28.8 Å². The molecule has 0 saturated heterocycles. The number of amides is 1. The van der Waals surface area contributed by atoms with E-state index in [1.165, 1.54) is 51.8 Å². The molecule has 4 atom stereocenters. The van der Waals surface area contributed by atoms with Crippen LogP contribution in [0, 0.1) is 5.92 Å². The number of phenols is 1. The van der Waals surface area contributed by atoms with Crippen LogP contribution in [0.3, 0.4) is 0 Å². The van der Waals surface area contributed by atoms with Crippen molar-refractivity contribution >= 4 is 38.9 Å². The van der Waals surface area contributed by atoms with Crippen molar-refractivity contribution in [2.45, 2.75) is 43.7 Å². The number of aromatic hydroxyl groups is 1. The van der Waals surface area contributed by atoms with Gasteiger partial charge in [0.2, 0.25) is 29.0 Å². The van der Waals surface area contributed by atoms with E-state index < -0.39 is 63.0 Å². The van der Waals surface area contributed by atoms with Gasteiger partial charge in [-0.15, -0.1) is 0 Å². The Balaban J connectivity index is 1.43. The molecule has 2 aliphatic rings. The van der Waals surface area contributed by atoms with E-state index in [2.05, 4.69) is 20.4 Å². The number of hydrogen-bond acceptors (Lipinski definition) is 15. The van der Waals surface area contributed by atoms with Gasteiger partial charge >= 0.3 is 0 Å². The fourth-order valence-electron chi connectivity index (χ4n) is 6.84. The summed E-state index contributed by atoms with van der Waals surface area (Å²) in [6.07, 6.45) is 1.57. The number of Topliss-reactive ketones (excluding diaryl/α,β-unsaturated/α-hetero) is 2. The number of pyridine rings is 1. The van der Waals surface area contributed by atoms with Gasteiger partial charge in [0.05, 0.1) is 27.1 Å². The third-order valence-electron chi connectivity index (χ3n) is 9.60. The lowest BCUT2D eigenvalue weighted by Gasteiger charge is -2.38. The maximum absolute atomic E-state index is 14.4. The van der Waals surface area contributed by atoms with Gasteiger partial charge in [0, 0.05) is 48.8 Å². The van der Waals surface area contributed by atoms with Crippen LogP contribution >= 0.6 is 11.6 Å². The van der Waals surface area contributed by atoms with Gasteiger partial charge in [-0.1, -0.05) is 35.8 Å². The highest BCUT2D eigenvalue weighted by Gasteiger charge is 2.61. The number of nitrogens with one attached hydrogen (secondary N) is 1. The molecule has 1 aliphatic carbocycles. The molecule has 1 spiro atoms. The lowest BCUT2D eigenvalue weighted by atomic mass is 9.69. The number of hydrogen-bond donors (Lipinski definition) is 3. The molecule has 4 aromatic rings. The molecule has 1 aliphatic heterocycles. The van der Waals surface area contributed by atoms with E-state index in [9.17, 15) is 33.0 Å². The third-order valence-corrected chi connectivity index (χ3v) is 10.9. The van der Waals surface area contributed by atoms with Crippen molar-refractivity contribution in [3.05, 3.63) is 82.0 Å². The maximum atomic E-state index is 14.4. The minimum atomic E-state index is -3.52. The van der Waals surface area contributed by atoms with Crippen molar-refractivity contribution in [2.75, 3.05) is 33.3 Å². The van der Waals surface area contributed by atoms with E-state index in [0.29, 0.717) is 5.69 Å². The lowest BCUT2D eigenvalue weighted by molar-refractivity contribution is -0.122. The zero-order valence-corrected chi connectivity index (χ0v) is 31.9. The molecular weight excluding hydrogens is 760 g/mol. The average Bonchev–Trinajstić information content (AvgIpc) is 3.77. The van der Waals surface area contributed by atoms with Gasteiger partial charge in [0.25, 0.3) is 0 Å². The van der Waals surface area contributed by atoms with Crippen molar-refractivity contribution in [3.63, 3.8) is 0 Å². The smallest absolute Gasteiger partial charge is 0.249 e. The molecule has 0 fully saturated rings. The molecule has 0 radical (unpaired) electrons. The Bertz CT molecular complexity index is 2310. The maximum Gasteiger partial charge on any atom is 0.249 e. The lowest BCUT2D eigenvalue weighted by Crippen LogP contribution is -2.53. The van der Waals surface area contributed by atoms with Gasteiger partial charge < -0.3 is 39.0 Å². The van der Waals surface area contributed by atoms with Gasteiger partial charge in [-0.05, 0) is 36.2 Å². The number of ether oxygens (including phenoxy) is 4. The Labute approximate surface area is 320 Å². The van der Waals surface area contributed by atoms with Crippen molar-refractivity contribution in [1.82, 2.24) is 20.4 Å². The first-order chi connectivity index (χ1) is 26.1. The van der Waals surface area contributed by atoms with Crippen molar-refractivity contribution in [2.24, 2.45) is 5.92 Å². The molecule has 0 bridgehead atoms. The number of allylic oxidation sites excluding steroid dienone is 1. The largest absolute Gasteiger partial charge is 0.507 e. The second kappa shape index (κ2) is 15.2. The topological polar surface area (TPSA) is 227 Å². The molecule has 2 aromatic carbocycles. The highest BCUT2D eigenvalue weighted by molar-refractivity contribution is 7.90. The van der Waals surface area contributed by atoms with Gasteiger partial charge in [-0.2, -0.15) is 4.98 Å². The molecule has 290 valence electrons. The molecule has 6 rings (SSSR count). The van der Waals surface area contributed by atoms with Gasteiger partial charge in [-0.25, -0.2) is 8.42 Å². The van der Waals surface area contributed by atoms with Crippen LogP contribution in [0.2, 0.25) is 5.02 Å². The van der Waals surface area contributed by atoms with E-state index in [1.54, 1.807) is 25.1 Å². The predicted molar refractivity (Wildman–Crippen MR) is 195 cm³/mol. The Morgan fingerprint density at radius 1 is 1.07 bits per heavy atom. The zero-order chi connectivity index (χ0) is 39.8. The van der Waals surface area contributed by atoms with Crippen molar-refractivity contribution < 1.29 is 56.5 Å². The van der Waals surface area contributed by atoms with Crippen LogP contribution in [0.4, 0.5) is 0 Å². The number of sulfone groups is 1. The van der Waals surface area contributed by atoms with Crippen LogP contribution in [0.1, 0.15) is 60.0 Å². The number of methoxy groups -OCH3 is 3. The molecule has 3 N–H and O–H groups in total. The fourth-order valence-corrected chi connectivity index (χ4v) is 7.77. The molecule has 2 unspecified atom stereocenters. The van der Waals surface area contributed by atoms with Crippen LogP contribution in [0.25, 0.3) is 11.5 Å². The van der Waals surface area contributed by atoms with Crippen LogP contribution in [-0.2, 0) is 19.4 Å². The zero-order valence-electron chi connectivity index (χ0n) is 30.3. The number of benzene rings is 2. The van der Waals surface area contributed by atoms with Crippen LogP contribution in [-0.4, -0.2) is 90.2 Å². The van der Waals surface area contributed by atoms with Crippen LogP contribution in [0.15, 0.2) is 64.5 Å². The number of aromatic nitrogens is 3. The van der Waals surface area contributed by atoms with E-state index in [-0.39, 0.29) is 80.8 Å². The second-order valence-electron chi connectivity index (χ2n) is 13.2. The van der Waals surface area contributed by atoms with Crippen LogP contribution < -0.4 is 24.3 Å². The standard InChI is InChI=1S/C37H37ClN4O12S/c1-18-14-24(44)29(33(46)37(18)34(47)30-26(51-3)17-27(52-4)31(38)32(30)53-37)20(19-9-10-23(43)25(15-19)50-2)16-28(45)40-22(11-13-55(5,48)49)36-41-35(42-54-36)21-8-6-7-12-39-21/h6-10,12,15,17-18,20,22,43,46H,11,13-14,16H2,1-5H3,(H,40,45)/t18-,20?,22?,37+/m1/s1. The number of phenolic OH excluding ortho intramolecular Hbond substituents is 1. The average molecular weight is 797 g/mol. The first-order valence-electron chi connectivity index (χ1n) is 16.9. The molecule has 0 saturated carbocycles. The Kier molecular flexibility index (Phi) is 10.8. The summed E-state index contributed by atoms with van der Waals surface area (Å²) in [4.78, 5) is 51.2. The molecule has 18 heteroatoms. The monoisotopic (exact) mass is 796 g/mol.